The summed E-state index contributed by atoms with van der Waals surface area (Å²) in [5.41, 5.74) is 12.1. The van der Waals surface area contributed by atoms with Crippen molar-refractivity contribution >= 4 is 52.4 Å². The number of carbonyl (C=O) groups excluding carboxylic acids is 4. The molecule has 0 saturated heterocycles. The fourth-order valence-electron chi connectivity index (χ4n) is 3.92. The Labute approximate surface area is 232 Å². The fraction of sp³-hybridized carbons (Fsp3) is 0.400. The lowest BCUT2D eigenvalue weighted by Gasteiger charge is -2.25. The van der Waals surface area contributed by atoms with Gasteiger partial charge in [0.25, 0.3) is 0 Å². The van der Waals surface area contributed by atoms with Crippen molar-refractivity contribution in [1.82, 2.24) is 20.9 Å². The number of para-hydroxylation sites is 1. The minimum Gasteiger partial charge on any atom is -0.481 e. The smallest absolute Gasteiger partial charge is 0.326 e. The first kappa shape index (κ1) is 32.2. The van der Waals surface area contributed by atoms with Crippen molar-refractivity contribution in [3.63, 3.8) is 0 Å². The summed E-state index contributed by atoms with van der Waals surface area (Å²) in [5.74, 6) is -7.89. The predicted octanol–water partition coefficient (Wildman–Crippen LogP) is -1.82. The lowest BCUT2D eigenvalue weighted by molar-refractivity contribution is -0.144. The Morgan fingerprint density at radius 3 is 1.90 bits per heavy atom. The number of benzene rings is 1. The van der Waals surface area contributed by atoms with E-state index in [4.69, 9.17) is 21.7 Å². The van der Waals surface area contributed by atoms with Gasteiger partial charge in [0.1, 0.15) is 18.1 Å². The van der Waals surface area contributed by atoms with E-state index in [2.05, 4.69) is 20.9 Å². The number of rotatable bonds is 17. The van der Waals surface area contributed by atoms with E-state index in [0.29, 0.717) is 5.56 Å². The van der Waals surface area contributed by atoms with Gasteiger partial charge in [-0.05, 0) is 24.5 Å². The summed E-state index contributed by atoms with van der Waals surface area (Å²) < 4.78 is 0. The van der Waals surface area contributed by atoms with Crippen molar-refractivity contribution in [3.8, 4) is 0 Å². The maximum Gasteiger partial charge on any atom is 0.326 e. The molecule has 1 aromatic carbocycles. The number of aromatic nitrogens is 1. The number of nitrogens with two attached hydrogens (primary N) is 2. The van der Waals surface area contributed by atoms with Crippen molar-refractivity contribution in [1.29, 1.82) is 0 Å². The second kappa shape index (κ2) is 15.0. The van der Waals surface area contributed by atoms with E-state index in [9.17, 15) is 38.7 Å². The van der Waals surface area contributed by atoms with E-state index in [-0.39, 0.29) is 6.42 Å². The quantitative estimate of drug-likeness (QED) is 0.101. The van der Waals surface area contributed by atoms with Crippen LogP contribution in [0.3, 0.4) is 0 Å². The zero-order valence-electron chi connectivity index (χ0n) is 21.8. The van der Waals surface area contributed by atoms with Crippen LogP contribution in [0.25, 0.3) is 10.9 Å². The lowest BCUT2D eigenvalue weighted by atomic mass is 10.0. The Balaban J connectivity index is 2.31. The maximum atomic E-state index is 13.4. The van der Waals surface area contributed by atoms with Crippen LogP contribution < -0.4 is 27.4 Å². The van der Waals surface area contributed by atoms with E-state index < -0.39 is 97.8 Å². The highest BCUT2D eigenvalue weighted by atomic mass is 16.4. The van der Waals surface area contributed by atoms with Gasteiger partial charge in [0.15, 0.2) is 0 Å². The fourth-order valence-corrected chi connectivity index (χ4v) is 3.92. The van der Waals surface area contributed by atoms with Gasteiger partial charge in [-0.25, -0.2) is 4.79 Å². The molecule has 11 N–H and O–H groups in total. The first-order valence-corrected chi connectivity index (χ1v) is 12.4. The van der Waals surface area contributed by atoms with E-state index in [1.54, 1.807) is 30.5 Å². The second-order valence-corrected chi connectivity index (χ2v) is 9.23. The van der Waals surface area contributed by atoms with Crippen LogP contribution in [0.15, 0.2) is 30.5 Å². The monoisotopic (exact) mass is 576 g/mol. The number of carbonyl (C=O) groups is 7. The molecule has 1 heterocycles. The number of H-pyrrole nitrogens is 1. The Morgan fingerprint density at radius 1 is 0.780 bits per heavy atom. The first-order chi connectivity index (χ1) is 19.3. The number of nitrogens with one attached hydrogen (secondary N) is 4. The van der Waals surface area contributed by atoms with Crippen LogP contribution in [0.4, 0.5) is 0 Å². The summed E-state index contributed by atoms with van der Waals surface area (Å²) in [5, 5.41) is 34.9. The van der Waals surface area contributed by atoms with Crippen molar-refractivity contribution in [3.05, 3.63) is 36.0 Å². The molecule has 0 spiro atoms. The summed E-state index contributed by atoms with van der Waals surface area (Å²) in [6.07, 6.45) is -1.10. The summed E-state index contributed by atoms with van der Waals surface area (Å²) >= 11 is 0. The molecule has 0 aliphatic rings. The number of hydrogen-bond acceptors (Lipinski definition) is 8. The van der Waals surface area contributed by atoms with E-state index >= 15 is 0 Å². The van der Waals surface area contributed by atoms with Crippen LogP contribution in [-0.2, 0) is 40.0 Å². The molecule has 16 nitrogen and oxygen atoms in total. The molecule has 41 heavy (non-hydrogen) atoms. The third-order valence-electron chi connectivity index (χ3n) is 6.03. The Bertz CT molecular complexity index is 1310. The largest absolute Gasteiger partial charge is 0.481 e. The summed E-state index contributed by atoms with van der Waals surface area (Å²) in [7, 11) is 0. The van der Waals surface area contributed by atoms with Gasteiger partial charge < -0.3 is 47.7 Å². The molecule has 4 unspecified atom stereocenters. The van der Waals surface area contributed by atoms with Crippen LogP contribution >= 0.6 is 0 Å². The predicted molar refractivity (Wildman–Crippen MR) is 141 cm³/mol. The van der Waals surface area contributed by atoms with Gasteiger partial charge in [0.05, 0.1) is 12.5 Å². The van der Waals surface area contributed by atoms with Gasteiger partial charge in [0.2, 0.25) is 23.6 Å². The minimum absolute atomic E-state index is 0.117. The van der Waals surface area contributed by atoms with E-state index in [0.717, 1.165) is 10.9 Å². The van der Waals surface area contributed by atoms with E-state index in [1.807, 2.05) is 0 Å². The molecule has 222 valence electrons. The molecular weight excluding hydrogens is 544 g/mol. The SMILES string of the molecule is NC(=O)CC(N)C(=O)NC(Cc1c[nH]c2ccccc12)C(=O)NC(CCC(=O)O)C(=O)NC(CCC(=O)O)C(=O)O. The Morgan fingerprint density at radius 2 is 1.32 bits per heavy atom. The third-order valence-corrected chi connectivity index (χ3v) is 6.03. The minimum atomic E-state index is -1.63. The average Bonchev–Trinajstić information content (AvgIpc) is 3.30. The molecule has 0 saturated carbocycles. The van der Waals surface area contributed by atoms with Gasteiger partial charge in [-0.3, -0.25) is 28.8 Å². The molecule has 4 atom stereocenters. The summed E-state index contributed by atoms with van der Waals surface area (Å²) in [6, 6.07) is 1.14. The number of aromatic amines is 1. The van der Waals surface area contributed by atoms with Crippen LogP contribution in [0.1, 0.15) is 37.7 Å². The topological polar surface area (TPSA) is 284 Å². The first-order valence-electron chi connectivity index (χ1n) is 12.4. The van der Waals surface area contributed by atoms with Gasteiger partial charge in [-0.15, -0.1) is 0 Å². The zero-order chi connectivity index (χ0) is 30.7. The highest BCUT2D eigenvalue weighted by Crippen LogP contribution is 2.19. The van der Waals surface area contributed by atoms with Crippen molar-refractivity contribution in [2.75, 3.05) is 0 Å². The standard InChI is InChI=1S/C25H32N6O10/c26-14(10-19(27)32)22(37)31-18(9-12-11-28-15-4-2-1-3-13(12)15)24(39)29-16(5-7-20(33)34)23(38)30-17(25(40)41)6-8-21(35)36/h1-4,11,14,16-18,28H,5-10,26H2,(H2,27,32)(H,29,39)(H,30,38)(H,31,37)(H,33,34)(H,35,36)(H,40,41). The van der Waals surface area contributed by atoms with Crippen molar-refractivity contribution in [2.24, 2.45) is 11.5 Å². The van der Waals surface area contributed by atoms with Crippen molar-refractivity contribution in [2.45, 2.75) is 62.7 Å². The molecular formula is C25H32N6O10. The van der Waals surface area contributed by atoms with Gasteiger partial charge >= 0.3 is 17.9 Å². The number of carboxylic acid groups (broad SMARTS) is 3. The van der Waals surface area contributed by atoms with Crippen LogP contribution in [-0.4, -0.2) is 86.0 Å². The van der Waals surface area contributed by atoms with Gasteiger partial charge in [-0.2, -0.15) is 0 Å². The van der Waals surface area contributed by atoms with E-state index in [1.165, 1.54) is 0 Å². The average molecular weight is 577 g/mol. The molecule has 0 aliphatic carbocycles. The normalized spacial score (nSPS) is 13.8. The molecule has 0 bridgehead atoms. The Kier molecular flexibility index (Phi) is 11.8. The number of fused-ring (bicyclic) bond motifs is 1. The number of aliphatic carboxylic acids is 3. The van der Waals surface area contributed by atoms with Crippen molar-refractivity contribution < 1.29 is 48.9 Å². The maximum absolute atomic E-state index is 13.4. The molecule has 4 amide bonds. The lowest BCUT2D eigenvalue weighted by Crippen LogP contribution is -2.57. The Hall–Kier alpha value is -4.99. The molecule has 0 radical (unpaired) electrons. The molecule has 0 aliphatic heterocycles. The van der Waals surface area contributed by atoms with Crippen LogP contribution in [0, 0.1) is 0 Å². The van der Waals surface area contributed by atoms with Crippen LogP contribution in [0.5, 0.6) is 0 Å². The molecule has 0 fully saturated rings. The highest BCUT2D eigenvalue weighted by Gasteiger charge is 2.31. The zero-order valence-corrected chi connectivity index (χ0v) is 21.8. The molecule has 2 rings (SSSR count). The van der Waals surface area contributed by atoms with Gasteiger partial charge in [0, 0.05) is 36.4 Å². The summed E-state index contributed by atoms with van der Waals surface area (Å²) in [4.78, 5) is 86.8. The number of primary amides is 1. The molecule has 2 aromatic rings. The molecule has 1 aromatic heterocycles. The van der Waals surface area contributed by atoms with Gasteiger partial charge in [-0.1, -0.05) is 18.2 Å². The number of carboxylic acids is 3. The second-order valence-electron chi connectivity index (χ2n) is 9.23. The highest BCUT2D eigenvalue weighted by molar-refractivity contribution is 5.96. The number of amides is 4. The summed E-state index contributed by atoms with van der Waals surface area (Å²) in [6.45, 7) is 0. The number of hydrogen-bond donors (Lipinski definition) is 9. The molecule has 16 heteroatoms. The third kappa shape index (κ3) is 10.2. The van der Waals surface area contributed by atoms with Crippen LogP contribution in [0.2, 0.25) is 0 Å².